The summed E-state index contributed by atoms with van der Waals surface area (Å²) in [4.78, 5) is 0. The van der Waals surface area contributed by atoms with Crippen LogP contribution in [0.15, 0.2) is 48.5 Å². The molecule has 2 aromatic carbocycles. The first-order valence-electron chi connectivity index (χ1n) is 9.51. The maximum Gasteiger partial charge on any atom is 0.148 e. The van der Waals surface area contributed by atoms with Crippen LogP contribution in [-0.4, -0.2) is 23.9 Å². The first-order chi connectivity index (χ1) is 13.3. The van der Waals surface area contributed by atoms with Crippen molar-refractivity contribution >= 4 is 11.3 Å². The van der Waals surface area contributed by atoms with Crippen molar-refractivity contribution in [1.29, 1.82) is 0 Å². The molecule has 0 spiro atoms. The van der Waals surface area contributed by atoms with E-state index in [1.54, 1.807) is 18.4 Å². The highest BCUT2D eigenvalue weighted by Gasteiger charge is 2.09. The Hall–Kier alpha value is -2.40. The number of ether oxygens (including phenoxy) is 2. The van der Waals surface area contributed by atoms with Crippen LogP contribution in [-0.2, 0) is 0 Å². The third kappa shape index (κ3) is 5.54. The largest absolute Gasteiger partial charge is 0.497 e. The average Bonchev–Trinajstić information content (AvgIpc) is 3.21. The number of benzene rings is 2. The molecule has 0 unspecified atom stereocenters. The van der Waals surface area contributed by atoms with Crippen molar-refractivity contribution in [3.63, 3.8) is 0 Å². The average molecular weight is 383 g/mol. The summed E-state index contributed by atoms with van der Waals surface area (Å²) in [5.74, 6) is 1.75. The van der Waals surface area contributed by atoms with Gasteiger partial charge in [0.25, 0.3) is 0 Å². The molecule has 0 atom stereocenters. The summed E-state index contributed by atoms with van der Waals surface area (Å²) in [5, 5.41) is 10.5. The zero-order valence-electron chi connectivity index (χ0n) is 16.0. The lowest BCUT2D eigenvalue weighted by Crippen LogP contribution is -1.97. The number of hydrogen-bond acceptors (Lipinski definition) is 5. The molecule has 0 saturated heterocycles. The van der Waals surface area contributed by atoms with Crippen LogP contribution in [0.1, 0.15) is 39.0 Å². The van der Waals surface area contributed by atoms with E-state index >= 15 is 0 Å². The van der Waals surface area contributed by atoms with Gasteiger partial charge in [0.2, 0.25) is 0 Å². The van der Waals surface area contributed by atoms with Crippen LogP contribution in [0.2, 0.25) is 0 Å². The number of aromatic nitrogens is 2. The van der Waals surface area contributed by atoms with E-state index in [4.69, 9.17) is 9.47 Å². The molecule has 0 aliphatic heterocycles. The van der Waals surface area contributed by atoms with Crippen molar-refractivity contribution in [1.82, 2.24) is 10.2 Å². The van der Waals surface area contributed by atoms with Crippen LogP contribution in [0.4, 0.5) is 0 Å². The zero-order valence-corrected chi connectivity index (χ0v) is 16.8. The molecule has 1 heterocycles. The molecule has 0 bridgehead atoms. The second kappa shape index (κ2) is 10.1. The molecule has 5 heteroatoms. The van der Waals surface area contributed by atoms with E-state index in [0.29, 0.717) is 0 Å². The Kier molecular flexibility index (Phi) is 7.22. The molecule has 142 valence electrons. The molecular weight excluding hydrogens is 356 g/mol. The van der Waals surface area contributed by atoms with Gasteiger partial charge in [0.1, 0.15) is 21.5 Å². The molecule has 27 heavy (non-hydrogen) atoms. The highest BCUT2D eigenvalue weighted by Crippen LogP contribution is 2.31. The minimum atomic E-state index is 0.781. The van der Waals surface area contributed by atoms with E-state index in [1.807, 2.05) is 48.5 Å². The standard InChI is InChI=1S/C22H26N2O2S/c1-3-4-5-6-7-16-26-20-14-10-18(11-15-20)22-24-23-21(27-22)17-8-12-19(25-2)13-9-17/h8-15H,3-7,16H2,1-2H3. The van der Waals surface area contributed by atoms with E-state index in [2.05, 4.69) is 17.1 Å². The van der Waals surface area contributed by atoms with Crippen LogP contribution in [0.25, 0.3) is 21.1 Å². The number of hydrogen-bond donors (Lipinski definition) is 0. The van der Waals surface area contributed by atoms with Gasteiger partial charge in [-0.2, -0.15) is 0 Å². The van der Waals surface area contributed by atoms with E-state index in [9.17, 15) is 0 Å². The van der Waals surface area contributed by atoms with Crippen molar-refractivity contribution in [3.8, 4) is 32.6 Å². The summed E-state index contributed by atoms with van der Waals surface area (Å²) in [5.41, 5.74) is 2.10. The summed E-state index contributed by atoms with van der Waals surface area (Å²) < 4.78 is 11.0. The molecule has 0 aliphatic rings. The summed E-state index contributed by atoms with van der Waals surface area (Å²) >= 11 is 1.58. The van der Waals surface area contributed by atoms with Gasteiger partial charge in [-0.15, -0.1) is 10.2 Å². The molecule has 0 amide bonds. The third-order valence-electron chi connectivity index (χ3n) is 4.38. The topological polar surface area (TPSA) is 44.2 Å². The van der Waals surface area contributed by atoms with Gasteiger partial charge in [0.15, 0.2) is 0 Å². The van der Waals surface area contributed by atoms with Crippen LogP contribution in [0.5, 0.6) is 11.5 Å². The Bertz CT molecular complexity index is 813. The van der Waals surface area contributed by atoms with E-state index < -0.39 is 0 Å². The molecule has 4 nitrogen and oxygen atoms in total. The van der Waals surface area contributed by atoms with Crippen molar-refractivity contribution in [2.45, 2.75) is 39.0 Å². The maximum atomic E-state index is 5.83. The quantitative estimate of drug-likeness (QED) is 0.390. The summed E-state index contributed by atoms with van der Waals surface area (Å²) in [6.07, 6.45) is 6.24. The number of nitrogens with zero attached hydrogens (tertiary/aromatic N) is 2. The number of rotatable bonds is 10. The predicted molar refractivity (Wildman–Crippen MR) is 112 cm³/mol. The minimum Gasteiger partial charge on any atom is -0.497 e. The molecular formula is C22H26N2O2S. The molecule has 3 rings (SSSR count). The lowest BCUT2D eigenvalue weighted by Gasteiger charge is -2.06. The fraction of sp³-hybridized carbons (Fsp3) is 0.364. The van der Waals surface area contributed by atoms with Crippen molar-refractivity contribution in [3.05, 3.63) is 48.5 Å². The predicted octanol–water partition coefficient (Wildman–Crippen LogP) is 6.23. The Balaban J connectivity index is 1.56. The Morgan fingerprint density at radius 1 is 0.741 bits per heavy atom. The molecule has 0 N–H and O–H groups in total. The number of methoxy groups -OCH3 is 1. The van der Waals surface area contributed by atoms with Gasteiger partial charge in [0.05, 0.1) is 13.7 Å². The highest BCUT2D eigenvalue weighted by atomic mass is 32.1. The van der Waals surface area contributed by atoms with Gasteiger partial charge < -0.3 is 9.47 Å². The first kappa shape index (κ1) is 19.4. The molecule has 0 radical (unpaired) electrons. The van der Waals surface area contributed by atoms with Gasteiger partial charge in [0, 0.05) is 11.1 Å². The van der Waals surface area contributed by atoms with Crippen LogP contribution < -0.4 is 9.47 Å². The fourth-order valence-corrected chi connectivity index (χ4v) is 3.63. The van der Waals surface area contributed by atoms with Crippen LogP contribution in [0.3, 0.4) is 0 Å². The fourth-order valence-electron chi connectivity index (χ4n) is 2.78. The van der Waals surface area contributed by atoms with Gasteiger partial charge in [-0.3, -0.25) is 0 Å². The van der Waals surface area contributed by atoms with Crippen LogP contribution in [0, 0.1) is 0 Å². The van der Waals surface area contributed by atoms with E-state index in [1.165, 1.54) is 25.7 Å². The molecule has 3 aromatic rings. The van der Waals surface area contributed by atoms with Gasteiger partial charge >= 0.3 is 0 Å². The Labute approximate surface area is 165 Å². The lowest BCUT2D eigenvalue weighted by atomic mass is 10.2. The summed E-state index contributed by atoms with van der Waals surface area (Å²) in [6, 6.07) is 16.0. The normalized spacial score (nSPS) is 10.7. The van der Waals surface area contributed by atoms with Gasteiger partial charge in [-0.05, 0) is 55.0 Å². The van der Waals surface area contributed by atoms with Gasteiger partial charge in [-0.25, -0.2) is 0 Å². The third-order valence-corrected chi connectivity index (χ3v) is 5.40. The molecule has 1 aromatic heterocycles. The monoisotopic (exact) mass is 382 g/mol. The van der Waals surface area contributed by atoms with Crippen molar-refractivity contribution < 1.29 is 9.47 Å². The highest BCUT2D eigenvalue weighted by molar-refractivity contribution is 7.17. The van der Waals surface area contributed by atoms with E-state index in [-0.39, 0.29) is 0 Å². The molecule has 0 aliphatic carbocycles. The van der Waals surface area contributed by atoms with Gasteiger partial charge in [-0.1, -0.05) is 43.9 Å². The SMILES string of the molecule is CCCCCCCOc1ccc(-c2nnc(-c3ccc(OC)cc3)s2)cc1. The number of unbranched alkanes of at least 4 members (excludes halogenated alkanes) is 4. The second-order valence-corrected chi connectivity index (χ2v) is 7.41. The molecule has 0 saturated carbocycles. The second-order valence-electron chi connectivity index (χ2n) is 6.43. The van der Waals surface area contributed by atoms with Crippen molar-refractivity contribution in [2.24, 2.45) is 0 Å². The zero-order chi connectivity index (χ0) is 18.9. The summed E-state index contributed by atoms with van der Waals surface area (Å²) in [7, 11) is 1.66. The Morgan fingerprint density at radius 2 is 1.30 bits per heavy atom. The lowest BCUT2D eigenvalue weighted by molar-refractivity contribution is 0.304. The maximum absolute atomic E-state index is 5.83. The summed E-state index contributed by atoms with van der Waals surface area (Å²) in [6.45, 7) is 3.01. The van der Waals surface area contributed by atoms with Crippen LogP contribution >= 0.6 is 11.3 Å². The first-order valence-corrected chi connectivity index (χ1v) is 10.3. The minimum absolute atomic E-state index is 0.781. The van der Waals surface area contributed by atoms with Crippen molar-refractivity contribution in [2.75, 3.05) is 13.7 Å². The Morgan fingerprint density at radius 3 is 1.85 bits per heavy atom. The molecule has 0 fully saturated rings. The van der Waals surface area contributed by atoms with E-state index in [0.717, 1.165) is 45.7 Å². The smallest absolute Gasteiger partial charge is 0.148 e.